The Morgan fingerprint density at radius 2 is 1.75 bits per heavy atom. The molecule has 5 rings (SSSR count). The Morgan fingerprint density at radius 3 is 2.57 bits per heavy atom. The summed E-state index contributed by atoms with van der Waals surface area (Å²) in [4.78, 5) is 2.08. The van der Waals surface area contributed by atoms with E-state index in [0.29, 0.717) is 24.8 Å². The summed E-state index contributed by atoms with van der Waals surface area (Å²) in [5, 5.41) is 12.6. The number of hydrogen-bond donors (Lipinski definition) is 1. The van der Waals surface area contributed by atoms with Gasteiger partial charge < -0.3 is 14.6 Å². The average molecular weight is 400 g/mol. The van der Waals surface area contributed by atoms with Crippen molar-refractivity contribution in [2.75, 3.05) is 31.2 Å². The van der Waals surface area contributed by atoms with Crippen LogP contribution in [0.1, 0.15) is 31.2 Å². The molecule has 0 amide bonds. The van der Waals surface area contributed by atoms with Crippen molar-refractivity contribution >= 4 is 23.1 Å². The summed E-state index contributed by atoms with van der Waals surface area (Å²) in [6.07, 6.45) is 4.44. The van der Waals surface area contributed by atoms with E-state index < -0.39 is 5.72 Å². The van der Waals surface area contributed by atoms with Crippen LogP contribution in [0.15, 0.2) is 42.5 Å². The molecule has 3 heterocycles. The van der Waals surface area contributed by atoms with Gasteiger partial charge in [-0.1, -0.05) is 23.7 Å². The highest BCUT2D eigenvalue weighted by molar-refractivity contribution is 6.30. The van der Waals surface area contributed by atoms with E-state index in [1.807, 2.05) is 42.5 Å². The Bertz CT molecular complexity index is 928. The van der Waals surface area contributed by atoms with E-state index >= 15 is 0 Å². The van der Waals surface area contributed by atoms with Crippen molar-refractivity contribution in [2.45, 2.75) is 31.4 Å². The molecule has 0 fully saturated rings. The first-order valence-electron chi connectivity index (χ1n) is 9.94. The van der Waals surface area contributed by atoms with Crippen molar-refractivity contribution in [3.05, 3.63) is 53.1 Å². The Morgan fingerprint density at radius 1 is 0.964 bits per heavy atom. The minimum absolute atomic E-state index is 0.540. The number of aliphatic hydroxyl groups is 1. The zero-order chi connectivity index (χ0) is 19.1. The minimum Gasteiger partial charge on any atom is -0.486 e. The van der Waals surface area contributed by atoms with Crippen molar-refractivity contribution in [3.63, 3.8) is 0 Å². The smallest absolute Gasteiger partial charge is 0.275 e. The third-order valence-corrected chi connectivity index (χ3v) is 6.08. The number of ether oxygens (including phenoxy) is 2. The van der Waals surface area contributed by atoms with Crippen LogP contribution in [-0.4, -0.2) is 41.8 Å². The summed E-state index contributed by atoms with van der Waals surface area (Å²) < 4.78 is 13.8. The molecule has 3 aliphatic heterocycles. The predicted octanol–water partition coefficient (Wildman–Crippen LogP) is 3.76. The van der Waals surface area contributed by atoms with Gasteiger partial charge in [0.25, 0.3) is 11.6 Å². The molecule has 5 nitrogen and oxygen atoms in total. The Kier molecular flexibility index (Phi) is 4.44. The van der Waals surface area contributed by atoms with Crippen LogP contribution >= 0.6 is 11.6 Å². The van der Waals surface area contributed by atoms with E-state index in [-0.39, 0.29) is 0 Å². The molecular formula is C22H24ClN2O3+. The number of amidine groups is 1. The van der Waals surface area contributed by atoms with Gasteiger partial charge in [0.05, 0.1) is 6.54 Å². The van der Waals surface area contributed by atoms with E-state index in [4.69, 9.17) is 21.1 Å². The number of nitrogens with zero attached hydrogens (tertiary/aromatic N) is 2. The fourth-order valence-electron chi connectivity index (χ4n) is 4.49. The van der Waals surface area contributed by atoms with Crippen LogP contribution in [0.2, 0.25) is 5.02 Å². The van der Waals surface area contributed by atoms with Crippen molar-refractivity contribution in [1.82, 2.24) is 0 Å². The number of hydrogen-bond acceptors (Lipinski definition) is 4. The first kappa shape index (κ1) is 17.8. The zero-order valence-electron chi connectivity index (χ0n) is 15.7. The number of benzene rings is 2. The molecule has 0 aliphatic carbocycles. The van der Waals surface area contributed by atoms with Gasteiger partial charge in [-0.25, -0.2) is 0 Å². The van der Waals surface area contributed by atoms with Gasteiger partial charge in [-0.05, 0) is 43.5 Å². The van der Waals surface area contributed by atoms with Gasteiger partial charge in [-0.3, -0.25) is 4.58 Å². The van der Waals surface area contributed by atoms with Gasteiger partial charge in [0.2, 0.25) is 0 Å². The normalized spacial score (nSPS) is 24.1. The maximum absolute atomic E-state index is 11.9. The van der Waals surface area contributed by atoms with E-state index in [0.717, 1.165) is 48.6 Å². The fraction of sp³-hybridized carbons (Fsp3) is 0.409. The Balaban J connectivity index is 1.62. The van der Waals surface area contributed by atoms with Gasteiger partial charge >= 0.3 is 0 Å². The van der Waals surface area contributed by atoms with Crippen molar-refractivity contribution in [1.29, 1.82) is 0 Å². The summed E-state index contributed by atoms with van der Waals surface area (Å²) in [7, 11) is 0. The lowest BCUT2D eigenvalue weighted by atomic mass is 10.00. The molecule has 3 aliphatic rings. The third kappa shape index (κ3) is 2.93. The third-order valence-electron chi connectivity index (χ3n) is 5.82. The van der Waals surface area contributed by atoms with Crippen LogP contribution in [0.25, 0.3) is 0 Å². The van der Waals surface area contributed by atoms with Gasteiger partial charge in [0.15, 0.2) is 18.0 Å². The Labute approximate surface area is 169 Å². The molecule has 0 unspecified atom stereocenters. The quantitative estimate of drug-likeness (QED) is 0.781. The monoisotopic (exact) mass is 399 g/mol. The average Bonchev–Trinajstić information content (AvgIpc) is 2.84. The summed E-state index contributed by atoms with van der Waals surface area (Å²) >= 11 is 6.10. The molecule has 2 aromatic rings. The van der Waals surface area contributed by atoms with Gasteiger partial charge in [0.1, 0.15) is 18.9 Å². The lowest BCUT2D eigenvalue weighted by Gasteiger charge is -2.30. The standard InChI is InChI=1S/C22H24ClN2O3/c23-17-7-5-16(6-8-17)22(26)15-24-11-3-1-2-4-21(24)25(22)18-9-10-19-20(14-18)28-13-12-27-19/h5-10,14,26H,1-4,11-13,15H2/q+1/t22-/m0/s1. The zero-order valence-corrected chi connectivity index (χ0v) is 16.5. The molecule has 28 heavy (non-hydrogen) atoms. The molecule has 0 bridgehead atoms. The summed E-state index contributed by atoms with van der Waals surface area (Å²) in [6.45, 7) is 2.61. The molecule has 0 saturated heterocycles. The predicted molar refractivity (Wildman–Crippen MR) is 109 cm³/mol. The maximum atomic E-state index is 11.9. The van der Waals surface area contributed by atoms with E-state index in [2.05, 4.69) is 9.48 Å². The van der Waals surface area contributed by atoms with Crippen LogP contribution in [0.3, 0.4) is 0 Å². The maximum Gasteiger partial charge on any atom is 0.275 e. The molecule has 0 radical (unpaired) electrons. The van der Waals surface area contributed by atoms with Crippen LogP contribution < -0.4 is 14.4 Å². The number of rotatable bonds is 2. The molecular weight excluding hydrogens is 376 g/mol. The largest absolute Gasteiger partial charge is 0.486 e. The summed E-state index contributed by atoms with van der Waals surface area (Å²) in [5.74, 6) is 2.66. The van der Waals surface area contributed by atoms with E-state index in [1.54, 1.807) is 0 Å². The molecule has 6 heteroatoms. The van der Waals surface area contributed by atoms with Crippen molar-refractivity contribution in [2.24, 2.45) is 0 Å². The highest BCUT2D eigenvalue weighted by atomic mass is 35.5. The molecule has 0 aromatic heterocycles. The molecule has 2 aromatic carbocycles. The van der Waals surface area contributed by atoms with Gasteiger partial charge in [0, 0.05) is 23.1 Å². The van der Waals surface area contributed by atoms with Crippen LogP contribution in [0.4, 0.5) is 5.69 Å². The van der Waals surface area contributed by atoms with Crippen molar-refractivity contribution < 1.29 is 19.2 Å². The summed E-state index contributed by atoms with van der Waals surface area (Å²) in [5.41, 5.74) is 0.606. The minimum atomic E-state index is -1.15. The second-order valence-electron chi connectivity index (χ2n) is 7.64. The highest BCUT2D eigenvalue weighted by Gasteiger charge is 2.54. The van der Waals surface area contributed by atoms with E-state index in [1.165, 1.54) is 12.3 Å². The second kappa shape index (κ2) is 6.98. The Hall–Kier alpha value is -2.24. The number of anilines is 1. The van der Waals surface area contributed by atoms with Crippen LogP contribution in [-0.2, 0) is 5.72 Å². The van der Waals surface area contributed by atoms with Crippen LogP contribution in [0.5, 0.6) is 11.5 Å². The van der Waals surface area contributed by atoms with Gasteiger partial charge in [-0.2, -0.15) is 4.90 Å². The molecule has 146 valence electrons. The first-order chi connectivity index (χ1) is 13.6. The van der Waals surface area contributed by atoms with E-state index in [9.17, 15) is 5.11 Å². The van der Waals surface area contributed by atoms with Gasteiger partial charge in [-0.15, -0.1) is 0 Å². The fourth-order valence-corrected chi connectivity index (χ4v) is 4.62. The SMILES string of the molecule is O[C@]1(c2ccc(Cl)cc2)C[N+]2=C(CCCCC2)N1c1ccc2c(c1)OCCO2. The molecule has 1 N–H and O–H groups in total. The highest BCUT2D eigenvalue weighted by Crippen LogP contribution is 2.41. The lowest BCUT2D eigenvalue weighted by Crippen LogP contribution is -2.47. The lowest BCUT2D eigenvalue weighted by molar-refractivity contribution is -0.534. The number of halogens is 1. The van der Waals surface area contributed by atoms with Crippen LogP contribution in [0, 0.1) is 0 Å². The van der Waals surface area contributed by atoms with Crippen molar-refractivity contribution in [3.8, 4) is 11.5 Å². The molecule has 1 atom stereocenters. The molecule has 0 spiro atoms. The second-order valence-corrected chi connectivity index (χ2v) is 8.07. The first-order valence-corrected chi connectivity index (χ1v) is 10.3. The molecule has 0 saturated carbocycles. The topological polar surface area (TPSA) is 44.9 Å². The summed E-state index contributed by atoms with van der Waals surface area (Å²) in [6, 6.07) is 13.4. The number of fused-ring (bicyclic) bond motifs is 1.